The van der Waals surface area contributed by atoms with Gasteiger partial charge in [-0.2, -0.15) is 0 Å². The van der Waals surface area contributed by atoms with E-state index in [1.807, 2.05) is 0 Å². The average Bonchev–Trinajstić information content (AvgIpc) is 2.41. The number of carbonyl (C=O) groups is 1. The number of carbonyl (C=O) groups excluding carboxylic acids is 1. The molecule has 126 valence electrons. The number of ether oxygens (including phenoxy) is 1. The molecule has 0 aromatic rings. The van der Waals surface area contributed by atoms with Crippen LogP contribution >= 0.6 is 0 Å². The zero-order chi connectivity index (χ0) is 16.8. The van der Waals surface area contributed by atoms with Gasteiger partial charge in [-0.3, -0.25) is 4.79 Å². The highest BCUT2D eigenvalue weighted by Gasteiger charge is 2.52. The number of ketones is 1. The van der Waals surface area contributed by atoms with Gasteiger partial charge in [0.05, 0.1) is 6.10 Å². The summed E-state index contributed by atoms with van der Waals surface area (Å²) in [5.41, 5.74) is 1.19. The second-order valence-corrected chi connectivity index (χ2v) is 13.5. The normalized spacial score (nSPS) is 33.4. The SMILES string of the molecule is CC1=C[C@H]2OCC(=O)[C@@H](C)[C@@]2(CO[Si](C)(C)C(C)(C)C)CC1. The van der Waals surface area contributed by atoms with Crippen LogP contribution in [0, 0.1) is 11.3 Å². The van der Waals surface area contributed by atoms with Gasteiger partial charge < -0.3 is 9.16 Å². The van der Waals surface area contributed by atoms with Crippen LogP contribution in [0.15, 0.2) is 11.6 Å². The summed E-state index contributed by atoms with van der Waals surface area (Å²) in [6.07, 6.45) is 4.28. The predicted octanol–water partition coefficient (Wildman–Crippen LogP) is 4.34. The van der Waals surface area contributed by atoms with Crippen LogP contribution in [-0.4, -0.2) is 33.4 Å². The summed E-state index contributed by atoms with van der Waals surface area (Å²) in [4.78, 5) is 12.3. The summed E-state index contributed by atoms with van der Waals surface area (Å²) in [5.74, 6) is 0.239. The molecule has 2 rings (SSSR count). The van der Waals surface area contributed by atoms with E-state index in [4.69, 9.17) is 9.16 Å². The van der Waals surface area contributed by atoms with Gasteiger partial charge in [-0.25, -0.2) is 0 Å². The summed E-state index contributed by atoms with van der Waals surface area (Å²) < 4.78 is 12.4. The second-order valence-electron chi connectivity index (χ2n) is 8.71. The summed E-state index contributed by atoms with van der Waals surface area (Å²) >= 11 is 0. The van der Waals surface area contributed by atoms with E-state index in [9.17, 15) is 4.79 Å². The molecule has 0 saturated carbocycles. The molecular formula is C18H32O3Si. The molecule has 1 aliphatic heterocycles. The molecule has 0 aromatic heterocycles. The van der Waals surface area contributed by atoms with Gasteiger partial charge in [-0.05, 0) is 37.9 Å². The Kier molecular flexibility index (Phi) is 4.78. The van der Waals surface area contributed by atoms with Gasteiger partial charge >= 0.3 is 0 Å². The largest absolute Gasteiger partial charge is 0.416 e. The number of rotatable bonds is 3. The molecule has 0 radical (unpaired) electrons. The maximum absolute atomic E-state index is 12.3. The van der Waals surface area contributed by atoms with Crippen molar-refractivity contribution >= 4 is 14.1 Å². The van der Waals surface area contributed by atoms with E-state index < -0.39 is 8.32 Å². The summed E-state index contributed by atoms with van der Waals surface area (Å²) in [7, 11) is -1.83. The van der Waals surface area contributed by atoms with E-state index >= 15 is 0 Å². The Labute approximate surface area is 136 Å². The molecule has 4 heteroatoms. The van der Waals surface area contributed by atoms with Crippen LogP contribution in [0.5, 0.6) is 0 Å². The molecule has 3 atom stereocenters. The highest BCUT2D eigenvalue weighted by atomic mass is 28.4. The van der Waals surface area contributed by atoms with Crippen molar-refractivity contribution in [2.75, 3.05) is 13.2 Å². The molecule has 1 heterocycles. The zero-order valence-corrected chi connectivity index (χ0v) is 16.3. The molecule has 0 aromatic carbocycles. The topological polar surface area (TPSA) is 35.5 Å². The van der Waals surface area contributed by atoms with Gasteiger partial charge in [0.1, 0.15) is 6.61 Å². The number of hydrogen-bond donors (Lipinski definition) is 0. The molecule has 2 aliphatic rings. The molecule has 3 nitrogen and oxygen atoms in total. The van der Waals surface area contributed by atoms with Crippen LogP contribution < -0.4 is 0 Å². The van der Waals surface area contributed by atoms with Crippen molar-refractivity contribution in [3.63, 3.8) is 0 Å². The average molecular weight is 325 g/mol. The van der Waals surface area contributed by atoms with E-state index in [1.54, 1.807) is 0 Å². The van der Waals surface area contributed by atoms with Gasteiger partial charge in [-0.15, -0.1) is 0 Å². The minimum absolute atomic E-state index is 0.0142. The van der Waals surface area contributed by atoms with E-state index in [1.165, 1.54) is 5.57 Å². The Morgan fingerprint density at radius 3 is 2.64 bits per heavy atom. The van der Waals surface area contributed by atoms with Gasteiger partial charge in [0, 0.05) is 17.9 Å². The van der Waals surface area contributed by atoms with E-state index in [2.05, 4.69) is 53.8 Å². The van der Waals surface area contributed by atoms with Crippen LogP contribution in [0.1, 0.15) is 47.5 Å². The standard InChI is InChI=1S/C18H32O3Si/c1-13-8-9-18(12-21-22(6,7)17(3,4)5)14(2)15(19)11-20-16(18)10-13/h10,14,16H,8-9,11-12H2,1-7H3/t14-,16-,18+/m1/s1. The Bertz CT molecular complexity index is 475. The lowest BCUT2D eigenvalue weighted by Gasteiger charge is -2.50. The van der Waals surface area contributed by atoms with E-state index in [0.29, 0.717) is 6.61 Å². The van der Waals surface area contributed by atoms with Gasteiger partial charge in [0.15, 0.2) is 14.1 Å². The van der Waals surface area contributed by atoms with Gasteiger partial charge in [0.25, 0.3) is 0 Å². The molecule has 1 saturated heterocycles. The first-order chi connectivity index (χ1) is 9.99. The molecule has 0 N–H and O–H groups in total. The molecule has 1 fully saturated rings. The fourth-order valence-electron chi connectivity index (χ4n) is 3.18. The third-order valence-electron chi connectivity index (χ3n) is 6.25. The molecule has 1 aliphatic carbocycles. The fourth-order valence-corrected chi connectivity index (χ4v) is 4.25. The van der Waals surface area contributed by atoms with Crippen molar-refractivity contribution in [1.29, 1.82) is 0 Å². The minimum Gasteiger partial charge on any atom is -0.416 e. The number of fused-ring (bicyclic) bond motifs is 1. The molecule has 0 spiro atoms. The Morgan fingerprint density at radius 1 is 1.41 bits per heavy atom. The number of hydrogen-bond acceptors (Lipinski definition) is 3. The number of Topliss-reactive ketones (excluding diaryl/α,β-unsaturated/α-hetero) is 1. The maximum Gasteiger partial charge on any atom is 0.192 e. The highest BCUT2D eigenvalue weighted by molar-refractivity contribution is 6.74. The summed E-state index contributed by atoms with van der Waals surface area (Å²) in [5, 5.41) is 0.183. The monoisotopic (exact) mass is 324 g/mol. The molecule has 22 heavy (non-hydrogen) atoms. The first-order valence-corrected chi connectivity index (χ1v) is 11.4. The van der Waals surface area contributed by atoms with Crippen molar-refractivity contribution in [3.05, 3.63) is 11.6 Å². The van der Waals surface area contributed by atoms with Crippen molar-refractivity contribution in [1.82, 2.24) is 0 Å². The van der Waals surface area contributed by atoms with Crippen LogP contribution in [0.4, 0.5) is 0 Å². The van der Waals surface area contributed by atoms with Crippen LogP contribution in [-0.2, 0) is 14.0 Å². The summed E-state index contributed by atoms with van der Waals surface area (Å²) in [6, 6.07) is 0. The Balaban J connectivity index is 2.25. The Morgan fingerprint density at radius 2 is 2.05 bits per heavy atom. The third-order valence-corrected chi connectivity index (χ3v) is 10.7. The predicted molar refractivity (Wildman–Crippen MR) is 92.5 cm³/mol. The van der Waals surface area contributed by atoms with Crippen molar-refractivity contribution < 1.29 is 14.0 Å². The van der Waals surface area contributed by atoms with Gasteiger partial charge in [-0.1, -0.05) is 39.3 Å². The summed E-state index contributed by atoms with van der Waals surface area (Å²) in [6.45, 7) is 16.4. The van der Waals surface area contributed by atoms with E-state index in [-0.39, 0.29) is 34.9 Å². The van der Waals surface area contributed by atoms with Crippen molar-refractivity contribution in [3.8, 4) is 0 Å². The van der Waals surface area contributed by atoms with Crippen LogP contribution in [0.3, 0.4) is 0 Å². The quantitative estimate of drug-likeness (QED) is 0.572. The second kappa shape index (κ2) is 5.88. The van der Waals surface area contributed by atoms with Crippen LogP contribution in [0.2, 0.25) is 18.1 Å². The molecule has 0 bridgehead atoms. The first-order valence-electron chi connectivity index (χ1n) is 8.45. The van der Waals surface area contributed by atoms with Crippen molar-refractivity contribution in [2.45, 2.75) is 71.7 Å². The number of allylic oxidation sites excluding steroid dienone is 1. The molecule has 0 amide bonds. The Hall–Kier alpha value is -0.453. The lowest BCUT2D eigenvalue weighted by Crippen LogP contribution is -2.56. The molecular weight excluding hydrogens is 292 g/mol. The lowest BCUT2D eigenvalue weighted by molar-refractivity contribution is -0.159. The smallest absolute Gasteiger partial charge is 0.192 e. The van der Waals surface area contributed by atoms with Crippen LogP contribution in [0.25, 0.3) is 0 Å². The van der Waals surface area contributed by atoms with E-state index in [0.717, 1.165) is 12.8 Å². The fraction of sp³-hybridized carbons (Fsp3) is 0.833. The zero-order valence-electron chi connectivity index (χ0n) is 15.3. The highest BCUT2D eigenvalue weighted by Crippen LogP contribution is 2.48. The minimum atomic E-state index is -1.83. The van der Waals surface area contributed by atoms with Gasteiger partial charge in [0.2, 0.25) is 0 Å². The lowest BCUT2D eigenvalue weighted by atomic mass is 9.63. The third kappa shape index (κ3) is 3.10. The van der Waals surface area contributed by atoms with Crippen molar-refractivity contribution in [2.24, 2.45) is 11.3 Å². The first kappa shape index (κ1) is 17.9. The molecule has 0 unspecified atom stereocenters. The maximum atomic E-state index is 12.3.